The fourth-order valence-corrected chi connectivity index (χ4v) is 8.39. The average molecular weight is 711 g/mol. The fourth-order valence-electron chi connectivity index (χ4n) is 8.39. The van der Waals surface area contributed by atoms with Crippen molar-refractivity contribution < 1.29 is 8.83 Å². The lowest BCUT2D eigenvalue weighted by molar-refractivity contribution is 0.663. The molecule has 4 heterocycles. The van der Waals surface area contributed by atoms with Crippen molar-refractivity contribution in [3.05, 3.63) is 132 Å². The van der Waals surface area contributed by atoms with Crippen LogP contribution in [0, 0.1) is 0 Å². The van der Waals surface area contributed by atoms with Crippen molar-refractivity contribution in [3.8, 4) is 34.2 Å². The predicted octanol–water partition coefficient (Wildman–Crippen LogP) is 13.7. The molecule has 9 rings (SSSR count). The third kappa shape index (κ3) is 5.30. The smallest absolute Gasteiger partial charge is 0.144 e. The quantitative estimate of drug-likeness (QED) is 0.157. The molecule has 0 amide bonds. The molecule has 0 aliphatic heterocycles. The van der Waals surface area contributed by atoms with Gasteiger partial charge in [-0.2, -0.15) is 0 Å². The summed E-state index contributed by atoms with van der Waals surface area (Å²) in [5.74, 6) is 3.26. The Bertz CT molecular complexity index is 2610. The summed E-state index contributed by atoms with van der Waals surface area (Å²) in [5.41, 5.74) is 13.1. The van der Waals surface area contributed by atoms with Crippen molar-refractivity contribution >= 4 is 43.9 Å². The fraction of sp³-hybridized carbons (Fsp3) is 0.250. The maximum Gasteiger partial charge on any atom is 0.144 e. The first-order chi connectivity index (χ1) is 26.1. The monoisotopic (exact) mass is 710 g/mol. The summed E-state index contributed by atoms with van der Waals surface area (Å²) >= 11 is 0. The maximum absolute atomic E-state index is 6.53. The number of fused-ring (bicyclic) bond motifs is 7. The van der Waals surface area contributed by atoms with E-state index in [2.05, 4.69) is 150 Å². The SMILES string of the molecule is CC(C)c1cccc(C(C)C)c1-n1ccnc1-c1ccc2oc3ccc4oc5ccc(-c6nccn6-c6c(C(C)C)cccc6C(C)C)cc5c4c3c2c1. The third-order valence-electron chi connectivity index (χ3n) is 11.0. The number of benzene rings is 5. The molecule has 0 saturated heterocycles. The molecule has 0 aliphatic carbocycles. The van der Waals surface area contributed by atoms with Gasteiger partial charge in [0.05, 0.1) is 11.4 Å². The van der Waals surface area contributed by atoms with Crippen LogP contribution >= 0.6 is 0 Å². The van der Waals surface area contributed by atoms with Crippen LogP contribution < -0.4 is 0 Å². The number of rotatable bonds is 8. The summed E-state index contributed by atoms with van der Waals surface area (Å²) in [6.45, 7) is 18.1. The second-order valence-electron chi connectivity index (χ2n) is 15.9. The van der Waals surface area contributed by atoms with Gasteiger partial charge in [0.1, 0.15) is 34.0 Å². The summed E-state index contributed by atoms with van der Waals surface area (Å²) in [6, 6.07) is 30.3. The highest BCUT2D eigenvalue weighted by Gasteiger charge is 2.23. The Morgan fingerprint density at radius 1 is 0.444 bits per heavy atom. The molecule has 5 aromatic carbocycles. The lowest BCUT2D eigenvalue weighted by atomic mass is 9.92. The van der Waals surface area contributed by atoms with E-state index in [1.807, 2.05) is 24.5 Å². The van der Waals surface area contributed by atoms with Crippen molar-refractivity contribution in [2.75, 3.05) is 0 Å². The molecular formula is C48H46N4O2. The minimum absolute atomic E-state index is 0.363. The minimum Gasteiger partial charge on any atom is -0.456 e. The largest absolute Gasteiger partial charge is 0.456 e. The van der Waals surface area contributed by atoms with E-state index < -0.39 is 0 Å². The molecule has 270 valence electrons. The van der Waals surface area contributed by atoms with Crippen molar-refractivity contribution in [1.29, 1.82) is 0 Å². The van der Waals surface area contributed by atoms with Gasteiger partial charge < -0.3 is 8.83 Å². The number of aromatic nitrogens is 4. The first kappa shape index (κ1) is 33.9. The molecular weight excluding hydrogens is 665 g/mol. The van der Waals surface area contributed by atoms with Gasteiger partial charge in [0, 0.05) is 57.5 Å². The Labute approximate surface area is 316 Å². The summed E-state index contributed by atoms with van der Waals surface area (Å²) in [6.07, 6.45) is 8.00. The van der Waals surface area contributed by atoms with E-state index in [1.54, 1.807) is 0 Å². The zero-order valence-electron chi connectivity index (χ0n) is 32.3. The Morgan fingerprint density at radius 3 is 1.15 bits per heavy atom. The standard InChI is InChI=1S/C48H46N4O2/c1-27(2)33-11-9-12-34(28(3)4)45(33)51-23-21-49-47(51)31-15-17-39-37(25-31)43-41(53-39)19-20-42-44(43)38-26-32(16-18-40(38)54-42)48-50-22-24-52(48)46-35(29(5)6)13-10-14-36(46)30(7)8/h9-30H,1-8H3. The summed E-state index contributed by atoms with van der Waals surface area (Å²) in [5, 5.41) is 4.15. The van der Waals surface area contributed by atoms with Crippen molar-refractivity contribution in [1.82, 2.24) is 19.1 Å². The molecule has 0 N–H and O–H groups in total. The predicted molar refractivity (Wildman–Crippen MR) is 222 cm³/mol. The molecule has 0 saturated carbocycles. The van der Waals surface area contributed by atoms with Crippen LogP contribution in [0.5, 0.6) is 0 Å². The summed E-state index contributed by atoms with van der Waals surface area (Å²) in [7, 11) is 0. The van der Waals surface area contributed by atoms with E-state index in [0.29, 0.717) is 23.7 Å². The molecule has 0 aliphatic rings. The zero-order chi connectivity index (χ0) is 37.4. The van der Waals surface area contributed by atoms with Gasteiger partial charge >= 0.3 is 0 Å². The Kier molecular flexibility index (Phi) is 8.11. The van der Waals surface area contributed by atoms with Gasteiger partial charge in [0.15, 0.2) is 0 Å². The van der Waals surface area contributed by atoms with E-state index in [1.165, 1.54) is 33.6 Å². The molecule has 4 aromatic heterocycles. The lowest BCUT2D eigenvalue weighted by Gasteiger charge is -2.21. The van der Waals surface area contributed by atoms with Crippen LogP contribution in [0.2, 0.25) is 0 Å². The molecule has 0 unspecified atom stereocenters. The van der Waals surface area contributed by atoms with E-state index >= 15 is 0 Å². The Hall–Kier alpha value is -5.88. The van der Waals surface area contributed by atoms with E-state index in [-0.39, 0.29) is 0 Å². The van der Waals surface area contributed by atoms with Crippen molar-refractivity contribution in [2.45, 2.75) is 79.1 Å². The molecule has 0 spiro atoms. The molecule has 54 heavy (non-hydrogen) atoms. The number of nitrogens with zero attached hydrogens (tertiary/aromatic N) is 4. The van der Waals surface area contributed by atoms with Crippen LogP contribution in [0.1, 0.15) is 101 Å². The van der Waals surface area contributed by atoms with E-state index in [9.17, 15) is 0 Å². The normalized spacial score (nSPS) is 12.4. The van der Waals surface area contributed by atoms with Crippen LogP contribution in [-0.4, -0.2) is 19.1 Å². The van der Waals surface area contributed by atoms with E-state index in [4.69, 9.17) is 18.8 Å². The average Bonchev–Trinajstić information content (AvgIpc) is 3.97. The van der Waals surface area contributed by atoms with Crippen LogP contribution in [0.3, 0.4) is 0 Å². The van der Waals surface area contributed by atoms with Gasteiger partial charge in [-0.15, -0.1) is 0 Å². The number of imidazole rings is 2. The number of hydrogen-bond acceptors (Lipinski definition) is 4. The van der Waals surface area contributed by atoms with Gasteiger partial charge in [0.25, 0.3) is 0 Å². The highest BCUT2D eigenvalue weighted by Crippen LogP contribution is 2.43. The van der Waals surface area contributed by atoms with E-state index in [0.717, 1.165) is 66.7 Å². The Morgan fingerprint density at radius 2 is 0.796 bits per heavy atom. The lowest BCUT2D eigenvalue weighted by Crippen LogP contribution is -2.07. The number of furan rings is 2. The molecule has 6 nitrogen and oxygen atoms in total. The molecule has 0 radical (unpaired) electrons. The maximum atomic E-state index is 6.53. The highest BCUT2D eigenvalue weighted by atomic mass is 16.3. The summed E-state index contributed by atoms with van der Waals surface area (Å²) in [4.78, 5) is 9.90. The molecule has 9 aromatic rings. The second kappa shape index (κ2) is 12.9. The van der Waals surface area contributed by atoms with Crippen molar-refractivity contribution in [3.63, 3.8) is 0 Å². The minimum atomic E-state index is 0.363. The topological polar surface area (TPSA) is 61.9 Å². The van der Waals surface area contributed by atoms with Crippen molar-refractivity contribution in [2.24, 2.45) is 0 Å². The van der Waals surface area contributed by atoms with Crippen LogP contribution in [0.15, 0.2) is 119 Å². The molecule has 6 heteroatoms. The number of para-hydroxylation sites is 2. The molecule has 0 bridgehead atoms. The highest BCUT2D eigenvalue weighted by molar-refractivity contribution is 6.26. The third-order valence-corrected chi connectivity index (χ3v) is 11.0. The molecule has 0 fully saturated rings. The van der Waals surface area contributed by atoms with Crippen LogP contribution in [0.4, 0.5) is 0 Å². The zero-order valence-corrected chi connectivity index (χ0v) is 32.3. The van der Waals surface area contributed by atoms with Gasteiger partial charge in [-0.05, 0) is 94.5 Å². The van der Waals surface area contributed by atoms with Gasteiger partial charge in [-0.1, -0.05) is 91.8 Å². The van der Waals surface area contributed by atoms with Gasteiger partial charge in [-0.3, -0.25) is 9.13 Å². The molecule has 0 atom stereocenters. The first-order valence-electron chi connectivity index (χ1n) is 19.3. The van der Waals surface area contributed by atoms with Crippen LogP contribution in [0.25, 0.3) is 78.0 Å². The first-order valence-corrected chi connectivity index (χ1v) is 19.3. The van der Waals surface area contributed by atoms with Gasteiger partial charge in [0.2, 0.25) is 0 Å². The summed E-state index contributed by atoms with van der Waals surface area (Å²) < 4.78 is 17.6. The Balaban J connectivity index is 1.24. The van der Waals surface area contributed by atoms with Gasteiger partial charge in [-0.25, -0.2) is 9.97 Å². The van der Waals surface area contributed by atoms with Crippen LogP contribution in [-0.2, 0) is 0 Å². The second-order valence-corrected chi connectivity index (χ2v) is 15.9. The number of hydrogen-bond donors (Lipinski definition) is 0.